The van der Waals surface area contributed by atoms with Crippen molar-refractivity contribution in [1.29, 1.82) is 0 Å². The maximum absolute atomic E-state index is 14.3. The molecule has 5 aromatic rings. The smallest absolute Gasteiger partial charge is 0.216 e. The first kappa shape index (κ1) is 32.2. The van der Waals surface area contributed by atoms with Crippen LogP contribution in [0.3, 0.4) is 0 Å². The van der Waals surface area contributed by atoms with Gasteiger partial charge >= 0.3 is 0 Å². The summed E-state index contributed by atoms with van der Waals surface area (Å²) in [5.41, 5.74) is 5.13. The monoisotopic (exact) mass is 696 g/mol. The average molecular weight is 697 g/mol. The normalized spacial score (nSPS) is 20.1. The molecule has 0 bridgehead atoms. The zero-order valence-electron chi connectivity index (χ0n) is 28.0. The second-order valence-corrected chi connectivity index (χ2v) is 16.7. The van der Waals surface area contributed by atoms with Gasteiger partial charge in [0.1, 0.15) is 5.82 Å². The van der Waals surface area contributed by atoms with E-state index in [0.29, 0.717) is 45.8 Å². The van der Waals surface area contributed by atoms with E-state index < -0.39 is 9.84 Å². The van der Waals surface area contributed by atoms with Gasteiger partial charge in [0, 0.05) is 59.9 Å². The van der Waals surface area contributed by atoms with Crippen LogP contribution in [0.4, 0.5) is 5.82 Å². The van der Waals surface area contributed by atoms with Gasteiger partial charge in [0.15, 0.2) is 15.7 Å². The van der Waals surface area contributed by atoms with E-state index in [4.69, 9.17) is 29.4 Å². The Labute approximate surface area is 290 Å². The van der Waals surface area contributed by atoms with Crippen LogP contribution in [0.2, 0.25) is 0 Å². The van der Waals surface area contributed by atoms with Gasteiger partial charge < -0.3 is 14.8 Å². The number of hydrogen-bond acceptors (Lipinski definition) is 11. The molecule has 1 aliphatic carbocycles. The van der Waals surface area contributed by atoms with Crippen molar-refractivity contribution < 1.29 is 17.9 Å². The first-order valence-corrected chi connectivity index (χ1v) is 19.6. The molecule has 5 aromatic heterocycles. The molecule has 0 radical (unpaired) electrons. The molecule has 2 atom stereocenters. The highest BCUT2D eigenvalue weighted by Crippen LogP contribution is 2.51. The van der Waals surface area contributed by atoms with Gasteiger partial charge in [-0.2, -0.15) is 4.98 Å². The van der Waals surface area contributed by atoms with Gasteiger partial charge in [-0.05, 0) is 79.5 Å². The largest absolute Gasteiger partial charge is 0.481 e. The van der Waals surface area contributed by atoms with Crippen LogP contribution >= 0.6 is 11.3 Å². The lowest BCUT2D eigenvalue weighted by atomic mass is 9.89. The summed E-state index contributed by atoms with van der Waals surface area (Å²) in [6.45, 7) is 5.69. The molecule has 0 spiro atoms. The molecule has 0 amide bonds. The fourth-order valence-corrected chi connectivity index (χ4v) is 11.1. The second kappa shape index (κ2) is 13.0. The number of nitrogens with zero attached hydrogens (tertiary/aromatic N) is 5. The molecule has 0 aromatic carbocycles. The Morgan fingerprint density at radius 2 is 1.86 bits per heavy atom. The zero-order valence-corrected chi connectivity index (χ0v) is 29.6. The van der Waals surface area contributed by atoms with E-state index in [1.54, 1.807) is 30.7 Å². The second-order valence-electron chi connectivity index (χ2n) is 13.6. The van der Waals surface area contributed by atoms with Crippen molar-refractivity contribution in [3.63, 3.8) is 0 Å². The lowest BCUT2D eigenvalue weighted by molar-refractivity contribution is 0.0639. The van der Waals surface area contributed by atoms with Crippen LogP contribution in [0, 0.1) is 11.8 Å². The van der Waals surface area contributed by atoms with Gasteiger partial charge in [-0.3, -0.25) is 9.97 Å². The number of anilines is 1. The maximum atomic E-state index is 14.3. The summed E-state index contributed by atoms with van der Waals surface area (Å²) < 4.78 is 40.7. The van der Waals surface area contributed by atoms with Crippen molar-refractivity contribution in [1.82, 2.24) is 24.9 Å². The number of aryl methyl sites for hydroxylation is 2. The first-order chi connectivity index (χ1) is 23.8. The van der Waals surface area contributed by atoms with Crippen LogP contribution in [0.5, 0.6) is 5.88 Å². The molecule has 3 aliphatic rings. The van der Waals surface area contributed by atoms with E-state index in [1.807, 2.05) is 24.5 Å². The van der Waals surface area contributed by atoms with Crippen molar-refractivity contribution in [3.8, 4) is 27.7 Å². The Morgan fingerprint density at radius 3 is 2.67 bits per heavy atom. The van der Waals surface area contributed by atoms with Gasteiger partial charge in [-0.25, -0.2) is 18.4 Å². The molecule has 7 heterocycles. The number of thiophene rings is 1. The highest BCUT2D eigenvalue weighted by atomic mass is 32.2. The van der Waals surface area contributed by atoms with Gasteiger partial charge in [-0.1, -0.05) is 19.9 Å². The number of aromatic nitrogens is 5. The van der Waals surface area contributed by atoms with E-state index in [9.17, 15) is 8.42 Å². The summed E-state index contributed by atoms with van der Waals surface area (Å²) in [6.07, 6.45) is 10.8. The van der Waals surface area contributed by atoms with Crippen LogP contribution in [0.25, 0.3) is 31.9 Å². The van der Waals surface area contributed by atoms with Gasteiger partial charge in [0.25, 0.3) is 0 Å². The molecule has 0 unspecified atom stereocenters. The fourth-order valence-electron chi connectivity index (χ4n) is 7.64. The van der Waals surface area contributed by atoms with Crippen LogP contribution in [-0.4, -0.2) is 59.4 Å². The lowest BCUT2D eigenvalue weighted by Gasteiger charge is -2.23. The fraction of sp³-hybridized carbons (Fsp3) is 0.432. The molecule has 0 saturated carbocycles. The molecule has 8 rings (SSSR count). The summed E-state index contributed by atoms with van der Waals surface area (Å²) in [7, 11) is -2.10. The minimum atomic E-state index is -3.67. The highest BCUT2D eigenvalue weighted by Gasteiger charge is 2.43. The molecular formula is C37H40N6O4S2. The lowest BCUT2D eigenvalue weighted by Crippen LogP contribution is -2.17. The van der Waals surface area contributed by atoms with Gasteiger partial charge in [-0.15, -0.1) is 11.3 Å². The average Bonchev–Trinajstić information content (AvgIpc) is 3.81. The van der Waals surface area contributed by atoms with E-state index >= 15 is 0 Å². The molecule has 49 heavy (non-hydrogen) atoms. The molecule has 254 valence electrons. The summed E-state index contributed by atoms with van der Waals surface area (Å²) in [5.74, 6) is 2.05. The minimum absolute atomic E-state index is 0.0379. The van der Waals surface area contributed by atoms with E-state index in [0.717, 1.165) is 77.5 Å². The Morgan fingerprint density at radius 1 is 1.02 bits per heavy atom. The predicted molar refractivity (Wildman–Crippen MR) is 191 cm³/mol. The van der Waals surface area contributed by atoms with Gasteiger partial charge in [0.2, 0.25) is 5.88 Å². The van der Waals surface area contributed by atoms with Crippen LogP contribution in [0.1, 0.15) is 74.1 Å². The Hall–Kier alpha value is -4.00. The molecule has 1 fully saturated rings. The van der Waals surface area contributed by atoms with Crippen LogP contribution in [-0.2, 0) is 27.4 Å². The number of fused-ring (bicyclic) bond motifs is 3. The quantitative estimate of drug-likeness (QED) is 0.169. The minimum Gasteiger partial charge on any atom is -0.481 e. The van der Waals surface area contributed by atoms with Crippen molar-refractivity contribution >= 4 is 37.1 Å². The number of hydrogen-bond donors (Lipinski definition) is 1. The third-order valence-electron chi connectivity index (χ3n) is 10.3. The summed E-state index contributed by atoms with van der Waals surface area (Å²) in [5, 5.41) is 4.69. The summed E-state index contributed by atoms with van der Waals surface area (Å²) in [4.78, 5) is 25.3. The molecule has 2 aliphatic heterocycles. The van der Waals surface area contributed by atoms with E-state index in [2.05, 4.69) is 36.3 Å². The number of rotatable bonds is 9. The molecule has 1 saturated heterocycles. The first-order valence-electron chi connectivity index (χ1n) is 17.1. The van der Waals surface area contributed by atoms with E-state index in [-0.39, 0.29) is 23.6 Å². The standard InChI is InChI=1S/C37H40N6O4S2/c1-21(2)25-20-49(44,45)35-32(29-19-23-10-15-40-37(34(23)48-29)42-27-9-8-26-24(27)5-4-14-38-26)31(36-39-16-11-30(43-36)46-3)28(41-33(25)35)7-6-22-12-17-47-18-13-22/h4-5,10-11,14-16,19,21-22,25,27H,6-9,12-13,17-18,20H2,1-3H3,(H,40,42)/t25-,27+/m0/s1. The van der Waals surface area contributed by atoms with Crippen molar-refractivity contribution in [3.05, 3.63) is 71.6 Å². The number of nitrogens with one attached hydrogen (secondary N) is 1. The Balaban J connectivity index is 1.33. The summed E-state index contributed by atoms with van der Waals surface area (Å²) in [6, 6.07) is 10.00. The molecule has 10 nitrogen and oxygen atoms in total. The Bertz CT molecular complexity index is 2140. The number of pyridine rings is 3. The third-order valence-corrected chi connectivity index (χ3v) is 13.3. The van der Waals surface area contributed by atoms with Gasteiger partial charge in [0.05, 0.1) is 45.5 Å². The number of methoxy groups -OCH3 is 1. The SMILES string of the molecule is COc1ccnc(-c2c(CCC3CCOCC3)nc3c(c2-c2cc4ccnc(N[C@@H]5CCc6ncccc65)c4s2)S(=O)(=O)C[C@H]3C(C)C)n1. The number of sulfone groups is 1. The third kappa shape index (κ3) is 5.97. The summed E-state index contributed by atoms with van der Waals surface area (Å²) >= 11 is 1.56. The highest BCUT2D eigenvalue weighted by molar-refractivity contribution is 7.92. The number of ether oxygens (including phenoxy) is 2. The predicted octanol–water partition coefficient (Wildman–Crippen LogP) is 7.20. The molecule has 12 heteroatoms. The maximum Gasteiger partial charge on any atom is 0.216 e. The Kier molecular flexibility index (Phi) is 8.57. The molecule has 1 N–H and O–H groups in total. The van der Waals surface area contributed by atoms with Crippen molar-refractivity contribution in [2.45, 2.75) is 69.2 Å². The molecular weight excluding hydrogens is 657 g/mol. The van der Waals surface area contributed by atoms with Crippen LogP contribution in [0.15, 0.2) is 53.8 Å². The van der Waals surface area contributed by atoms with Crippen molar-refractivity contribution in [2.24, 2.45) is 11.8 Å². The van der Waals surface area contributed by atoms with Crippen molar-refractivity contribution in [2.75, 3.05) is 31.4 Å². The van der Waals surface area contributed by atoms with Crippen LogP contribution < -0.4 is 10.1 Å². The van der Waals surface area contributed by atoms with E-state index in [1.165, 1.54) is 5.56 Å². The topological polar surface area (TPSA) is 129 Å². The zero-order chi connectivity index (χ0) is 33.7.